The molecule has 14 heavy (non-hydrogen) atoms. The largest absolute Gasteiger partial charge is 0.393 e. The third kappa shape index (κ3) is 3.75. The number of nitrogens with two attached hydrogens (primary N) is 1. The summed E-state index contributed by atoms with van der Waals surface area (Å²) in [5.41, 5.74) is 5.62. The second kappa shape index (κ2) is 4.81. The van der Waals surface area contributed by atoms with E-state index in [1.807, 2.05) is 0 Å². The summed E-state index contributed by atoms with van der Waals surface area (Å²) in [6.45, 7) is 10.0. The van der Waals surface area contributed by atoms with Gasteiger partial charge in [-0.2, -0.15) is 11.8 Å². The fourth-order valence-corrected chi connectivity index (χ4v) is 3.00. The summed E-state index contributed by atoms with van der Waals surface area (Å²) in [6, 6.07) is 0. The highest BCUT2D eigenvalue weighted by Gasteiger charge is 2.27. The van der Waals surface area contributed by atoms with Gasteiger partial charge in [-0.3, -0.25) is 0 Å². The van der Waals surface area contributed by atoms with Crippen LogP contribution in [0, 0.1) is 5.92 Å². The Kier molecular flexibility index (Phi) is 4.22. The van der Waals surface area contributed by atoms with Gasteiger partial charge in [0.15, 0.2) is 0 Å². The van der Waals surface area contributed by atoms with E-state index in [4.69, 9.17) is 18.0 Å². The standard InChI is InChI=1S/C10H20N2S2/c1-8(9(11)13)6-12-4-5-14-10(2,3)7-12/h8H,4-7H2,1-3H3,(H2,11,13). The Balaban J connectivity index is 2.42. The summed E-state index contributed by atoms with van der Waals surface area (Å²) in [7, 11) is 0. The smallest absolute Gasteiger partial charge is 0.0768 e. The van der Waals surface area contributed by atoms with Gasteiger partial charge in [-0.05, 0) is 13.8 Å². The molecule has 0 aromatic heterocycles. The number of hydrogen-bond acceptors (Lipinski definition) is 3. The first kappa shape index (κ1) is 12.3. The van der Waals surface area contributed by atoms with E-state index < -0.39 is 0 Å². The van der Waals surface area contributed by atoms with Crippen molar-refractivity contribution >= 4 is 29.0 Å². The maximum atomic E-state index is 5.62. The van der Waals surface area contributed by atoms with Crippen molar-refractivity contribution in [3.63, 3.8) is 0 Å². The molecule has 1 aliphatic heterocycles. The number of thioether (sulfide) groups is 1. The molecule has 1 fully saturated rings. The summed E-state index contributed by atoms with van der Waals surface area (Å²) >= 11 is 7.04. The van der Waals surface area contributed by atoms with Gasteiger partial charge in [-0.25, -0.2) is 0 Å². The molecular formula is C10H20N2S2. The molecule has 82 valence electrons. The molecule has 0 amide bonds. The third-order valence-corrected chi connectivity index (χ3v) is 4.22. The minimum Gasteiger partial charge on any atom is -0.393 e. The van der Waals surface area contributed by atoms with Crippen LogP contribution in [0.25, 0.3) is 0 Å². The minimum atomic E-state index is 0.337. The molecule has 1 rings (SSSR count). The van der Waals surface area contributed by atoms with Crippen LogP contribution in [0.15, 0.2) is 0 Å². The van der Waals surface area contributed by atoms with Crippen LogP contribution in [0.5, 0.6) is 0 Å². The van der Waals surface area contributed by atoms with Crippen LogP contribution in [0.4, 0.5) is 0 Å². The quantitative estimate of drug-likeness (QED) is 0.751. The van der Waals surface area contributed by atoms with Crippen molar-refractivity contribution in [3.05, 3.63) is 0 Å². The average Bonchev–Trinajstić information content (AvgIpc) is 2.01. The van der Waals surface area contributed by atoms with Crippen LogP contribution in [0.3, 0.4) is 0 Å². The highest BCUT2D eigenvalue weighted by molar-refractivity contribution is 8.00. The summed E-state index contributed by atoms with van der Waals surface area (Å²) in [4.78, 5) is 3.11. The lowest BCUT2D eigenvalue weighted by molar-refractivity contribution is 0.247. The predicted octanol–water partition coefficient (Wildman–Crippen LogP) is 1.74. The maximum absolute atomic E-state index is 5.62. The Hall–Kier alpha value is 0.200. The fourth-order valence-electron chi connectivity index (χ4n) is 1.75. The van der Waals surface area contributed by atoms with E-state index in [1.54, 1.807) is 0 Å². The molecular weight excluding hydrogens is 212 g/mol. The van der Waals surface area contributed by atoms with Gasteiger partial charge in [-0.1, -0.05) is 19.1 Å². The van der Waals surface area contributed by atoms with Gasteiger partial charge in [0.1, 0.15) is 0 Å². The van der Waals surface area contributed by atoms with Crippen molar-refractivity contribution in [1.82, 2.24) is 4.90 Å². The second-order valence-electron chi connectivity index (χ2n) is 4.65. The third-order valence-electron chi connectivity index (χ3n) is 2.52. The lowest BCUT2D eigenvalue weighted by Gasteiger charge is -2.38. The average molecular weight is 232 g/mol. The van der Waals surface area contributed by atoms with Crippen molar-refractivity contribution in [3.8, 4) is 0 Å². The van der Waals surface area contributed by atoms with Crippen LogP contribution in [0.2, 0.25) is 0 Å². The molecule has 0 saturated carbocycles. The zero-order chi connectivity index (χ0) is 10.8. The molecule has 1 heterocycles. The maximum Gasteiger partial charge on any atom is 0.0768 e. The highest BCUT2D eigenvalue weighted by atomic mass is 32.2. The van der Waals surface area contributed by atoms with Crippen LogP contribution in [-0.4, -0.2) is 40.0 Å². The van der Waals surface area contributed by atoms with Gasteiger partial charge in [-0.15, -0.1) is 0 Å². The Labute approximate surface area is 96.6 Å². The molecule has 2 N–H and O–H groups in total. The van der Waals surface area contributed by atoms with E-state index in [2.05, 4.69) is 37.4 Å². The van der Waals surface area contributed by atoms with Crippen LogP contribution in [-0.2, 0) is 0 Å². The van der Waals surface area contributed by atoms with Gasteiger partial charge in [0.05, 0.1) is 4.99 Å². The van der Waals surface area contributed by atoms with E-state index in [-0.39, 0.29) is 0 Å². The van der Waals surface area contributed by atoms with Crippen molar-refractivity contribution in [2.75, 3.05) is 25.4 Å². The van der Waals surface area contributed by atoms with Gasteiger partial charge >= 0.3 is 0 Å². The van der Waals surface area contributed by atoms with Crippen molar-refractivity contribution in [2.45, 2.75) is 25.5 Å². The van der Waals surface area contributed by atoms with Gasteiger partial charge in [0.25, 0.3) is 0 Å². The first-order valence-corrected chi connectivity index (χ1v) is 6.46. The lowest BCUT2D eigenvalue weighted by Crippen LogP contribution is -2.46. The number of hydrogen-bond donors (Lipinski definition) is 1. The molecule has 0 bridgehead atoms. The first-order chi connectivity index (χ1) is 6.41. The van der Waals surface area contributed by atoms with Crippen LogP contribution >= 0.6 is 24.0 Å². The van der Waals surface area contributed by atoms with Crippen molar-refractivity contribution in [1.29, 1.82) is 0 Å². The molecule has 1 atom stereocenters. The van der Waals surface area contributed by atoms with E-state index in [0.717, 1.165) is 13.1 Å². The first-order valence-electron chi connectivity index (χ1n) is 5.06. The van der Waals surface area contributed by atoms with Gasteiger partial charge in [0, 0.05) is 36.1 Å². The highest BCUT2D eigenvalue weighted by Crippen LogP contribution is 2.29. The van der Waals surface area contributed by atoms with Crippen molar-refractivity contribution < 1.29 is 0 Å². The topological polar surface area (TPSA) is 29.3 Å². The summed E-state index contributed by atoms with van der Waals surface area (Å²) in [5.74, 6) is 1.56. The number of thiocarbonyl (C=S) groups is 1. The second-order valence-corrected chi connectivity index (χ2v) is 6.92. The molecule has 0 spiro atoms. The minimum absolute atomic E-state index is 0.337. The van der Waals surface area contributed by atoms with Crippen LogP contribution in [0.1, 0.15) is 20.8 Å². The molecule has 1 unspecified atom stereocenters. The van der Waals surface area contributed by atoms with E-state index in [1.165, 1.54) is 12.3 Å². The number of nitrogens with zero attached hydrogens (tertiary/aromatic N) is 1. The molecule has 0 aromatic rings. The Morgan fingerprint density at radius 1 is 1.64 bits per heavy atom. The molecule has 1 saturated heterocycles. The van der Waals surface area contributed by atoms with E-state index in [9.17, 15) is 0 Å². The zero-order valence-electron chi connectivity index (χ0n) is 9.25. The van der Waals surface area contributed by atoms with Crippen molar-refractivity contribution in [2.24, 2.45) is 11.7 Å². The zero-order valence-corrected chi connectivity index (χ0v) is 10.9. The molecule has 1 aliphatic rings. The summed E-state index contributed by atoms with van der Waals surface area (Å²) in [6.07, 6.45) is 0. The molecule has 0 radical (unpaired) electrons. The van der Waals surface area contributed by atoms with E-state index in [0.29, 0.717) is 15.7 Å². The SMILES string of the molecule is CC(CN1CCSC(C)(C)C1)C(N)=S. The van der Waals surface area contributed by atoms with Gasteiger partial charge in [0.2, 0.25) is 0 Å². The van der Waals surface area contributed by atoms with Gasteiger partial charge < -0.3 is 10.6 Å². The lowest BCUT2D eigenvalue weighted by atomic mass is 10.1. The molecule has 2 nitrogen and oxygen atoms in total. The fraction of sp³-hybridized carbons (Fsp3) is 0.900. The number of rotatable bonds is 3. The molecule has 0 aromatic carbocycles. The summed E-state index contributed by atoms with van der Waals surface area (Å²) < 4.78 is 0.383. The monoisotopic (exact) mass is 232 g/mol. The Morgan fingerprint density at radius 2 is 2.29 bits per heavy atom. The Morgan fingerprint density at radius 3 is 2.79 bits per heavy atom. The molecule has 0 aliphatic carbocycles. The molecule has 4 heteroatoms. The summed E-state index contributed by atoms with van der Waals surface area (Å²) in [5, 5.41) is 0. The van der Waals surface area contributed by atoms with E-state index >= 15 is 0 Å². The Bertz CT molecular complexity index is 216. The normalized spacial score (nSPS) is 24.5. The predicted molar refractivity (Wildman–Crippen MR) is 68.9 cm³/mol. The van der Waals surface area contributed by atoms with Crippen LogP contribution < -0.4 is 5.73 Å².